The van der Waals surface area contributed by atoms with Gasteiger partial charge in [-0.05, 0) is 37.3 Å². The standard InChI is InChI=1S/C14H19FN4O4S2/c1-2-16-14(24)18-17-13(20)10-3-4-11(15)12(9-10)25(21,22)19-5-7-23-8-6-19/h3-4,9H,2,5-8H2,1H3,(H,17,20)(H2,16,18,24). The lowest BCUT2D eigenvalue weighted by molar-refractivity contribution is 0.0729. The molecule has 138 valence electrons. The van der Waals surface area contributed by atoms with Gasteiger partial charge in [0.25, 0.3) is 5.91 Å². The van der Waals surface area contributed by atoms with Crippen LogP contribution in [0.25, 0.3) is 0 Å². The number of carbonyl (C=O) groups is 1. The lowest BCUT2D eigenvalue weighted by Crippen LogP contribution is -2.46. The summed E-state index contributed by atoms with van der Waals surface area (Å²) in [6.45, 7) is 3.16. The summed E-state index contributed by atoms with van der Waals surface area (Å²) in [7, 11) is -4.05. The monoisotopic (exact) mass is 390 g/mol. The van der Waals surface area contributed by atoms with Crippen LogP contribution in [0.2, 0.25) is 0 Å². The number of ether oxygens (including phenoxy) is 1. The zero-order valence-electron chi connectivity index (χ0n) is 13.5. The third-order valence-electron chi connectivity index (χ3n) is 3.41. The molecule has 0 saturated carbocycles. The highest BCUT2D eigenvalue weighted by Gasteiger charge is 2.29. The van der Waals surface area contributed by atoms with Crippen LogP contribution >= 0.6 is 12.2 Å². The minimum absolute atomic E-state index is 0.0139. The average Bonchev–Trinajstić information content (AvgIpc) is 2.61. The van der Waals surface area contributed by atoms with E-state index < -0.39 is 26.6 Å². The van der Waals surface area contributed by atoms with Crippen molar-refractivity contribution in [2.75, 3.05) is 32.8 Å². The van der Waals surface area contributed by atoms with E-state index in [0.29, 0.717) is 6.54 Å². The lowest BCUT2D eigenvalue weighted by Gasteiger charge is -2.26. The summed E-state index contributed by atoms with van der Waals surface area (Å²) in [5.74, 6) is -1.56. The number of benzene rings is 1. The van der Waals surface area contributed by atoms with Gasteiger partial charge in [-0.15, -0.1) is 0 Å². The molecule has 1 saturated heterocycles. The molecule has 1 fully saturated rings. The second-order valence-corrected chi connectivity index (χ2v) is 7.41. The molecule has 2 rings (SSSR count). The van der Waals surface area contributed by atoms with Crippen molar-refractivity contribution in [1.29, 1.82) is 0 Å². The van der Waals surface area contributed by atoms with Crippen molar-refractivity contribution in [3.05, 3.63) is 29.6 Å². The summed E-state index contributed by atoms with van der Waals surface area (Å²) in [6, 6.07) is 3.15. The summed E-state index contributed by atoms with van der Waals surface area (Å²) >= 11 is 4.90. The van der Waals surface area contributed by atoms with Crippen molar-refractivity contribution in [3.8, 4) is 0 Å². The highest BCUT2D eigenvalue weighted by atomic mass is 32.2. The second-order valence-electron chi connectivity index (χ2n) is 5.10. The topological polar surface area (TPSA) is 99.8 Å². The van der Waals surface area contributed by atoms with E-state index in [4.69, 9.17) is 17.0 Å². The number of nitrogens with zero attached hydrogens (tertiary/aromatic N) is 1. The summed E-state index contributed by atoms with van der Waals surface area (Å²) in [5, 5.41) is 2.98. The van der Waals surface area contributed by atoms with Gasteiger partial charge in [0.05, 0.1) is 13.2 Å². The quantitative estimate of drug-likeness (QED) is 0.491. The molecule has 1 amide bonds. The molecular formula is C14H19FN4O4S2. The van der Waals surface area contributed by atoms with Crippen LogP contribution in [0.3, 0.4) is 0 Å². The Hall–Kier alpha value is -1.82. The molecule has 3 N–H and O–H groups in total. The van der Waals surface area contributed by atoms with Crippen LogP contribution in [-0.2, 0) is 14.8 Å². The Labute approximate surface area is 150 Å². The maximum atomic E-state index is 14.1. The van der Waals surface area contributed by atoms with E-state index in [1.165, 1.54) is 6.07 Å². The molecule has 0 spiro atoms. The molecule has 1 heterocycles. The minimum atomic E-state index is -4.05. The lowest BCUT2D eigenvalue weighted by atomic mass is 10.2. The molecule has 11 heteroatoms. The fourth-order valence-corrected chi connectivity index (χ4v) is 3.85. The minimum Gasteiger partial charge on any atom is -0.379 e. The third kappa shape index (κ3) is 4.84. The number of hydrazine groups is 1. The smallest absolute Gasteiger partial charge is 0.269 e. The average molecular weight is 390 g/mol. The summed E-state index contributed by atoms with van der Waals surface area (Å²) in [5.41, 5.74) is 4.77. The zero-order valence-corrected chi connectivity index (χ0v) is 15.2. The number of nitrogens with one attached hydrogen (secondary N) is 3. The number of hydrogen-bond donors (Lipinski definition) is 3. The molecule has 8 nitrogen and oxygen atoms in total. The van der Waals surface area contributed by atoms with Crippen LogP contribution in [0, 0.1) is 5.82 Å². The molecule has 0 atom stereocenters. The molecule has 1 aliphatic heterocycles. The predicted molar refractivity (Wildman–Crippen MR) is 92.9 cm³/mol. The molecular weight excluding hydrogens is 371 g/mol. The van der Waals surface area contributed by atoms with E-state index in [2.05, 4.69) is 16.2 Å². The first kappa shape index (κ1) is 19.5. The Balaban J connectivity index is 2.19. The number of carbonyl (C=O) groups excluding carboxylic acids is 1. The van der Waals surface area contributed by atoms with Gasteiger partial charge in [-0.25, -0.2) is 12.8 Å². The molecule has 0 radical (unpaired) electrons. The highest BCUT2D eigenvalue weighted by molar-refractivity contribution is 7.89. The zero-order chi connectivity index (χ0) is 18.4. The molecule has 0 aliphatic carbocycles. The number of halogens is 1. The third-order valence-corrected chi connectivity index (χ3v) is 5.57. The normalized spacial score (nSPS) is 15.4. The van der Waals surface area contributed by atoms with Crippen molar-refractivity contribution >= 4 is 33.3 Å². The van der Waals surface area contributed by atoms with Gasteiger partial charge in [0, 0.05) is 25.2 Å². The first-order valence-electron chi connectivity index (χ1n) is 7.58. The fourth-order valence-electron chi connectivity index (χ4n) is 2.16. The van der Waals surface area contributed by atoms with Gasteiger partial charge in [0.1, 0.15) is 10.7 Å². The summed E-state index contributed by atoms with van der Waals surface area (Å²) in [6.07, 6.45) is 0. The molecule has 1 aromatic rings. The second kappa shape index (κ2) is 8.52. The van der Waals surface area contributed by atoms with Gasteiger partial charge in [-0.3, -0.25) is 15.6 Å². The fraction of sp³-hybridized carbons (Fsp3) is 0.429. The number of sulfonamides is 1. The number of hydrogen-bond acceptors (Lipinski definition) is 5. The highest BCUT2D eigenvalue weighted by Crippen LogP contribution is 2.21. The maximum absolute atomic E-state index is 14.1. The van der Waals surface area contributed by atoms with E-state index in [9.17, 15) is 17.6 Å². The van der Waals surface area contributed by atoms with Gasteiger partial charge in [-0.1, -0.05) is 0 Å². The Morgan fingerprint density at radius 1 is 1.32 bits per heavy atom. The SMILES string of the molecule is CCNC(=S)NNC(=O)c1ccc(F)c(S(=O)(=O)N2CCOCC2)c1. The van der Waals surface area contributed by atoms with Crippen molar-refractivity contribution < 1.29 is 22.3 Å². The van der Waals surface area contributed by atoms with Crippen LogP contribution in [-0.4, -0.2) is 56.6 Å². The Morgan fingerprint density at radius 2 is 2.00 bits per heavy atom. The Morgan fingerprint density at radius 3 is 2.64 bits per heavy atom. The molecule has 1 aromatic carbocycles. The molecule has 0 bridgehead atoms. The summed E-state index contributed by atoms with van der Waals surface area (Å²) < 4.78 is 45.5. The number of rotatable bonds is 4. The van der Waals surface area contributed by atoms with E-state index in [1.54, 1.807) is 0 Å². The first-order valence-corrected chi connectivity index (χ1v) is 9.42. The molecule has 0 unspecified atom stereocenters. The van der Waals surface area contributed by atoms with Crippen molar-refractivity contribution in [2.45, 2.75) is 11.8 Å². The van der Waals surface area contributed by atoms with Crippen LogP contribution in [0.15, 0.2) is 23.1 Å². The van der Waals surface area contributed by atoms with E-state index in [0.717, 1.165) is 16.4 Å². The maximum Gasteiger partial charge on any atom is 0.269 e. The number of thiocarbonyl (C=S) groups is 1. The van der Waals surface area contributed by atoms with E-state index in [1.807, 2.05) is 6.92 Å². The Bertz CT molecular complexity index is 751. The van der Waals surface area contributed by atoms with Crippen molar-refractivity contribution in [2.24, 2.45) is 0 Å². The van der Waals surface area contributed by atoms with Gasteiger partial charge < -0.3 is 10.1 Å². The van der Waals surface area contributed by atoms with Crippen LogP contribution in [0.4, 0.5) is 4.39 Å². The predicted octanol–water partition coefficient (Wildman–Crippen LogP) is -0.0246. The van der Waals surface area contributed by atoms with Crippen LogP contribution in [0.1, 0.15) is 17.3 Å². The van der Waals surface area contributed by atoms with Gasteiger partial charge >= 0.3 is 0 Å². The molecule has 1 aliphatic rings. The summed E-state index contributed by atoms with van der Waals surface area (Å²) in [4.78, 5) is 11.6. The van der Waals surface area contributed by atoms with E-state index >= 15 is 0 Å². The Kier molecular flexibility index (Phi) is 6.64. The van der Waals surface area contributed by atoms with E-state index in [-0.39, 0.29) is 37.0 Å². The van der Waals surface area contributed by atoms with Gasteiger partial charge in [0.2, 0.25) is 10.0 Å². The van der Waals surface area contributed by atoms with Crippen molar-refractivity contribution in [1.82, 2.24) is 20.5 Å². The number of morpholine rings is 1. The van der Waals surface area contributed by atoms with Gasteiger partial charge in [0.15, 0.2) is 5.11 Å². The van der Waals surface area contributed by atoms with Crippen molar-refractivity contribution in [3.63, 3.8) is 0 Å². The first-order chi connectivity index (χ1) is 11.9. The molecule has 0 aromatic heterocycles. The number of amides is 1. The van der Waals surface area contributed by atoms with Crippen LogP contribution < -0.4 is 16.2 Å². The largest absolute Gasteiger partial charge is 0.379 e. The van der Waals surface area contributed by atoms with Gasteiger partial charge in [-0.2, -0.15) is 4.31 Å². The van der Waals surface area contributed by atoms with Crippen LogP contribution in [0.5, 0.6) is 0 Å². The molecule has 25 heavy (non-hydrogen) atoms.